The largest absolute Gasteiger partial charge is 0.398 e. The van der Waals surface area contributed by atoms with Crippen molar-refractivity contribution in [1.82, 2.24) is 0 Å². The van der Waals surface area contributed by atoms with E-state index in [4.69, 9.17) is 17.3 Å². The lowest BCUT2D eigenvalue weighted by molar-refractivity contribution is 0.624. The molecular formula is C13H11ClFNS. The van der Waals surface area contributed by atoms with Crippen molar-refractivity contribution in [2.24, 2.45) is 0 Å². The van der Waals surface area contributed by atoms with Crippen LogP contribution in [0, 0.1) is 5.82 Å². The first-order valence-electron chi connectivity index (χ1n) is 5.07. The Balaban J connectivity index is 2.05. The first-order chi connectivity index (χ1) is 8.15. The smallest absolute Gasteiger partial charge is 0.124 e. The first kappa shape index (κ1) is 12.3. The molecule has 0 spiro atoms. The Morgan fingerprint density at radius 3 is 2.71 bits per heavy atom. The summed E-state index contributed by atoms with van der Waals surface area (Å²) in [6, 6.07) is 12.1. The van der Waals surface area contributed by atoms with E-state index in [-0.39, 0.29) is 5.82 Å². The molecule has 0 aromatic heterocycles. The van der Waals surface area contributed by atoms with Gasteiger partial charge in [-0.25, -0.2) is 4.39 Å². The standard InChI is InChI=1S/C13H11ClFNS/c14-12-5-4-9(6-13(12)16)8-17-11-3-1-2-10(15)7-11/h1-7H,8,16H2. The molecule has 0 heterocycles. The van der Waals surface area contributed by atoms with E-state index >= 15 is 0 Å². The van der Waals surface area contributed by atoms with Crippen molar-refractivity contribution in [3.63, 3.8) is 0 Å². The summed E-state index contributed by atoms with van der Waals surface area (Å²) < 4.78 is 13.0. The number of nitrogen functional groups attached to an aromatic ring is 1. The van der Waals surface area contributed by atoms with Gasteiger partial charge in [-0.05, 0) is 35.9 Å². The summed E-state index contributed by atoms with van der Waals surface area (Å²) >= 11 is 7.40. The Kier molecular flexibility index (Phi) is 3.92. The van der Waals surface area contributed by atoms with Crippen LogP contribution >= 0.6 is 23.4 Å². The van der Waals surface area contributed by atoms with Crippen LogP contribution in [0.2, 0.25) is 5.02 Å². The summed E-state index contributed by atoms with van der Waals surface area (Å²) in [6.45, 7) is 0. The maximum absolute atomic E-state index is 13.0. The van der Waals surface area contributed by atoms with Gasteiger partial charge in [-0.2, -0.15) is 0 Å². The molecule has 0 fully saturated rings. The lowest BCUT2D eigenvalue weighted by Gasteiger charge is -2.04. The maximum Gasteiger partial charge on any atom is 0.124 e. The van der Waals surface area contributed by atoms with Crippen LogP contribution in [0.4, 0.5) is 10.1 Å². The number of thioether (sulfide) groups is 1. The minimum atomic E-state index is -0.217. The van der Waals surface area contributed by atoms with Gasteiger partial charge in [0.1, 0.15) is 5.82 Å². The van der Waals surface area contributed by atoms with Gasteiger partial charge in [0.05, 0.1) is 10.7 Å². The summed E-state index contributed by atoms with van der Waals surface area (Å²) in [5.74, 6) is 0.524. The van der Waals surface area contributed by atoms with Crippen molar-refractivity contribution >= 4 is 29.1 Å². The van der Waals surface area contributed by atoms with Gasteiger partial charge < -0.3 is 5.73 Å². The normalized spacial score (nSPS) is 10.5. The van der Waals surface area contributed by atoms with E-state index in [0.717, 1.165) is 16.2 Å². The minimum absolute atomic E-state index is 0.217. The van der Waals surface area contributed by atoms with E-state index in [2.05, 4.69) is 0 Å². The van der Waals surface area contributed by atoms with Crippen LogP contribution in [0.25, 0.3) is 0 Å². The number of benzene rings is 2. The molecule has 1 nitrogen and oxygen atoms in total. The molecule has 2 rings (SSSR count). The fourth-order valence-electron chi connectivity index (χ4n) is 1.41. The second-order valence-electron chi connectivity index (χ2n) is 3.60. The van der Waals surface area contributed by atoms with Crippen molar-refractivity contribution in [3.8, 4) is 0 Å². The molecule has 0 saturated heterocycles. The summed E-state index contributed by atoms with van der Waals surface area (Å²) in [6.07, 6.45) is 0. The maximum atomic E-state index is 13.0. The van der Waals surface area contributed by atoms with Crippen LogP contribution in [-0.4, -0.2) is 0 Å². The highest BCUT2D eigenvalue weighted by molar-refractivity contribution is 7.98. The molecule has 17 heavy (non-hydrogen) atoms. The molecule has 2 N–H and O–H groups in total. The molecule has 2 aromatic carbocycles. The first-order valence-corrected chi connectivity index (χ1v) is 6.44. The molecular weight excluding hydrogens is 257 g/mol. The van der Waals surface area contributed by atoms with Crippen molar-refractivity contribution in [2.45, 2.75) is 10.6 Å². The van der Waals surface area contributed by atoms with Gasteiger partial charge in [-0.1, -0.05) is 23.7 Å². The highest BCUT2D eigenvalue weighted by atomic mass is 35.5. The third-order valence-corrected chi connectivity index (χ3v) is 3.67. The lowest BCUT2D eigenvalue weighted by atomic mass is 10.2. The van der Waals surface area contributed by atoms with Crippen LogP contribution in [0.15, 0.2) is 47.4 Å². The average molecular weight is 268 g/mol. The van der Waals surface area contributed by atoms with Gasteiger partial charge in [-0.15, -0.1) is 11.8 Å². The van der Waals surface area contributed by atoms with Crippen LogP contribution in [-0.2, 0) is 5.75 Å². The fourth-order valence-corrected chi connectivity index (χ4v) is 2.41. The van der Waals surface area contributed by atoms with Crippen LogP contribution in [0.3, 0.4) is 0 Å². The number of anilines is 1. The summed E-state index contributed by atoms with van der Waals surface area (Å²) in [4.78, 5) is 0.901. The topological polar surface area (TPSA) is 26.0 Å². The van der Waals surface area contributed by atoms with Crippen molar-refractivity contribution in [2.75, 3.05) is 5.73 Å². The number of hydrogen-bond donors (Lipinski definition) is 1. The average Bonchev–Trinajstić information content (AvgIpc) is 2.31. The fraction of sp³-hybridized carbons (Fsp3) is 0.0769. The molecule has 0 unspecified atom stereocenters. The van der Waals surface area contributed by atoms with Crippen LogP contribution in [0.1, 0.15) is 5.56 Å². The van der Waals surface area contributed by atoms with Crippen LogP contribution in [0.5, 0.6) is 0 Å². The summed E-state index contributed by atoms with van der Waals surface area (Å²) in [7, 11) is 0. The van der Waals surface area contributed by atoms with E-state index in [1.54, 1.807) is 23.9 Å². The van der Waals surface area contributed by atoms with E-state index < -0.39 is 0 Å². The molecule has 0 radical (unpaired) electrons. The molecule has 0 aliphatic rings. The summed E-state index contributed by atoms with van der Waals surface area (Å²) in [5, 5.41) is 0.560. The minimum Gasteiger partial charge on any atom is -0.398 e. The van der Waals surface area contributed by atoms with E-state index in [0.29, 0.717) is 10.7 Å². The second kappa shape index (κ2) is 5.43. The molecule has 0 atom stereocenters. The molecule has 2 aromatic rings. The SMILES string of the molecule is Nc1cc(CSc2cccc(F)c2)ccc1Cl. The quantitative estimate of drug-likeness (QED) is 0.661. The van der Waals surface area contributed by atoms with Gasteiger partial charge in [0.15, 0.2) is 0 Å². The van der Waals surface area contributed by atoms with E-state index in [1.165, 1.54) is 12.1 Å². The molecule has 0 amide bonds. The predicted octanol–water partition coefficient (Wildman–Crippen LogP) is 4.35. The Morgan fingerprint density at radius 1 is 1.18 bits per heavy atom. The zero-order valence-electron chi connectivity index (χ0n) is 8.99. The molecule has 4 heteroatoms. The van der Waals surface area contributed by atoms with E-state index in [1.807, 2.05) is 18.2 Å². The van der Waals surface area contributed by atoms with Gasteiger partial charge in [-0.3, -0.25) is 0 Å². The van der Waals surface area contributed by atoms with Gasteiger partial charge in [0.25, 0.3) is 0 Å². The van der Waals surface area contributed by atoms with Crippen LogP contribution < -0.4 is 5.73 Å². The zero-order chi connectivity index (χ0) is 12.3. The highest BCUT2D eigenvalue weighted by Gasteiger charge is 2.00. The summed E-state index contributed by atoms with van der Waals surface area (Å²) in [5.41, 5.74) is 7.36. The third kappa shape index (κ3) is 3.38. The van der Waals surface area contributed by atoms with Crippen molar-refractivity contribution < 1.29 is 4.39 Å². The van der Waals surface area contributed by atoms with Crippen molar-refractivity contribution in [1.29, 1.82) is 0 Å². The monoisotopic (exact) mass is 267 g/mol. The van der Waals surface area contributed by atoms with Gasteiger partial charge in [0, 0.05) is 10.6 Å². The number of halogens is 2. The van der Waals surface area contributed by atoms with Gasteiger partial charge in [0.2, 0.25) is 0 Å². The number of nitrogens with two attached hydrogens (primary N) is 1. The van der Waals surface area contributed by atoms with Crippen molar-refractivity contribution in [3.05, 3.63) is 58.9 Å². The highest BCUT2D eigenvalue weighted by Crippen LogP contribution is 2.26. The number of rotatable bonds is 3. The molecule has 0 aliphatic carbocycles. The second-order valence-corrected chi connectivity index (χ2v) is 5.06. The molecule has 0 saturated carbocycles. The molecule has 0 bridgehead atoms. The third-order valence-electron chi connectivity index (χ3n) is 2.26. The Bertz CT molecular complexity index is 531. The molecule has 88 valence electrons. The Labute approximate surface area is 109 Å². The zero-order valence-corrected chi connectivity index (χ0v) is 10.6. The molecule has 0 aliphatic heterocycles. The predicted molar refractivity (Wildman–Crippen MR) is 71.8 cm³/mol. The number of hydrogen-bond acceptors (Lipinski definition) is 2. The van der Waals surface area contributed by atoms with E-state index in [9.17, 15) is 4.39 Å². The lowest BCUT2D eigenvalue weighted by Crippen LogP contribution is -1.89. The van der Waals surface area contributed by atoms with Gasteiger partial charge >= 0.3 is 0 Å². The Morgan fingerprint density at radius 2 is 2.00 bits per heavy atom. The Hall–Kier alpha value is -1.19.